The van der Waals surface area contributed by atoms with Gasteiger partial charge in [0.05, 0.1) is 6.04 Å². The topological polar surface area (TPSA) is 18.5 Å². The highest BCUT2D eigenvalue weighted by Gasteiger charge is 2.26. The molecule has 1 aromatic rings. The first-order valence-electron chi connectivity index (χ1n) is 7.20. The average Bonchev–Trinajstić information content (AvgIpc) is 2.31. The van der Waals surface area contributed by atoms with Gasteiger partial charge < -0.3 is 15.1 Å². The third-order valence-electron chi connectivity index (χ3n) is 4.05. The van der Waals surface area contributed by atoms with E-state index in [1.807, 2.05) is 7.05 Å². The summed E-state index contributed by atoms with van der Waals surface area (Å²) in [6.07, 6.45) is 0. The smallest absolute Gasteiger partial charge is 0.0542 e. The molecule has 1 saturated heterocycles. The first-order valence-corrected chi connectivity index (χ1v) is 7.20. The van der Waals surface area contributed by atoms with Gasteiger partial charge in [-0.2, -0.15) is 0 Å². The van der Waals surface area contributed by atoms with E-state index in [0.717, 1.165) is 26.2 Å². The van der Waals surface area contributed by atoms with Crippen molar-refractivity contribution in [1.82, 2.24) is 10.2 Å². The summed E-state index contributed by atoms with van der Waals surface area (Å²) in [4.78, 5) is 5.03. The molecule has 0 saturated carbocycles. The first kappa shape index (κ1) is 14.4. The van der Waals surface area contributed by atoms with Gasteiger partial charge in [0.1, 0.15) is 0 Å². The van der Waals surface area contributed by atoms with E-state index >= 15 is 0 Å². The summed E-state index contributed by atoms with van der Waals surface area (Å²) < 4.78 is 0. The number of anilines is 1. The summed E-state index contributed by atoms with van der Waals surface area (Å²) in [5.74, 6) is 0. The quantitative estimate of drug-likeness (QED) is 0.897. The van der Waals surface area contributed by atoms with Gasteiger partial charge in [-0.3, -0.25) is 0 Å². The molecule has 0 spiro atoms. The average molecular weight is 261 g/mol. The fraction of sp³-hybridized carbons (Fsp3) is 0.625. The van der Waals surface area contributed by atoms with Gasteiger partial charge in [0.2, 0.25) is 0 Å². The third kappa shape index (κ3) is 3.10. The lowest BCUT2D eigenvalue weighted by atomic mass is 10.0. The highest BCUT2D eigenvalue weighted by atomic mass is 15.3. The van der Waals surface area contributed by atoms with E-state index < -0.39 is 0 Å². The predicted molar refractivity (Wildman–Crippen MR) is 83.2 cm³/mol. The van der Waals surface area contributed by atoms with Crippen LogP contribution < -0.4 is 10.2 Å². The zero-order valence-electron chi connectivity index (χ0n) is 13.0. The zero-order valence-corrected chi connectivity index (χ0v) is 13.0. The second-order valence-corrected chi connectivity index (χ2v) is 5.91. The van der Waals surface area contributed by atoms with Gasteiger partial charge in [-0.25, -0.2) is 0 Å². The Morgan fingerprint density at radius 2 is 1.79 bits per heavy atom. The van der Waals surface area contributed by atoms with E-state index in [9.17, 15) is 0 Å². The molecule has 1 unspecified atom stereocenters. The van der Waals surface area contributed by atoms with E-state index in [1.165, 1.54) is 22.4 Å². The van der Waals surface area contributed by atoms with Crippen molar-refractivity contribution < 1.29 is 0 Å². The van der Waals surface area contributed by atoms with Crippen molar-refractivity contribution in [2.45, 2.75) is 26.8 Å². The maximum absolute atomic E-state index is 3.34. The fourth-order valence-corrected chi connectivity index (χ4v) is 3.34. The molecular formula is C16H27N3. The van der Waals surface area contributed by atoms with Gasteiger partial charge in [-0.15, -0.1) is 0 Å². The van der Waals surface area contributed by atoms with Crippen LogP contribution in [0.5, 0.6) is 0 Å². The Hall–Kier alpha value is -1.06. The van der Waals surface area contributed by atoms with Gasteiger partial charge in [0.15, 0.2) is 0 Å². The molecule has 106 valence electrons. The van der Waals surface area contributed by atoms with Crippen molar-refractivity contribution in [3.05, 3.63) is 28.8 Å². The van der Waals surface area contributed by atoms with E-state index in [2.05, 4.69) is 55.1 Å². The molecule has 1 N–H and O–H groups in total. The van der Waals surface area contributed by atoms with Gasteiger partial charge in [-0.05, 0) is 46.0 Å². The molecule has 19 heavy (non-hydrogen) atoms. The van der Waals surface area contributed by atoms with Gasteiger partial charge in [0.25, 0.3) is 0 Å². The first-order chi connectivity index (χ1) is 9.02. The monoisotopic (exact) mass is 261 g/mol. The zero-order chi connectivity index (χ0) is 14.0. The van der Waals surface area contributed by atoms with E-state index in [0.29, 0.717) is 6.04 Å². The maximum Gasteiger partial charge on any atom is 0.0542 e. The van der Waals surface area contributed by atoms with Gasteiger partial charge in [-0.1, -0.05) is 17.7 Å². The lowest BCUT2D eigenvalue weighted by molar-refractivity contribution is 0.264. The summed E-state index contributed by atoms with van der Waals surface area (Å²) in [6.45, 7) is 11.1. The number of aryl methyl sites for hydroxylation is 3. The standard InChI is InChI=1S/C16H27N3/c1-12-8-13(2)16(14(3)9-12)19-7-6-18(5)11-15(19)10-17-4/h8-9,15,17H,6-7,10-11H2,1-5H3. The molecule has 0 aliphatic carbocycles. The molecule has 3 heteroatoms. The minimum atomic E-state index is 0.559. The molecule has 1 atom stereocenters. The second kappa shape index (κ2) is 5.93. The van der Waals surface area contributed by atoms with Gasteiger partial charge in [0, 0.05) is 31.9 Å². The summed E-state index contributed by atoms with van der Waals surface area (Å²) in [7, 11) is 4.26. The van der Waals surface area contributed by atoms with Crippen LogP contribution in [0.4, 0.5) is 5.69 Å². The molecule has 1 fully saturated rings. The van der Waals surface area contributed by atoms with E-state index in [1.54, 1.807) is 0 Å². The Labute approximate surface area is 117 Å². The van der Waals surface area contributed by atoms with Crippen molar-refractivity contribution >= 4 is 5.69 Å². The van der Waals surface area contributed by atoms with Crippen LogP contribution in [-0.4, -0.2) is 51.2 Å². The van der Waals surface area contributed by atoms with Crippen molar-refractivity contribution in [2.75, 3.05) is 45.2 Å². The molecule has 0 amide bonds. The van der Waals surface area contributed by atoms with Crippen LogP contribution in [0, 0.1) is 20.8 Å². The summed E-state index contributed by atoms with van der Waals surface area (Å²) >= 11 is 0. The number of piperazine rings is 1. The van der Waals surface area contributed by atoms with Crippen LogP contribution in [-0.2, 0) is 0 Å². The highest BCUT2D eigenvalue weighted by Crippen LogP contribution is 2.29. The summed E-state index contributed by atoms with van der Waals surface area (Å²) in [6, 6.07) is 5.16. The minimum absolute atomic E-state index is 0.559. The number of nitrogens with one attached hydrogen (secondary N) is 1. The maximum atomic E-state index is 3.34. The molecule has 0 bridgehead atoms. The fourth-order valence-electron chi connectivity index (χ4n) is 3.34. The Balaban J connectivity index is 2.33. The van der Waals surface area contributed by atoms with Crippen molar-refractivity contribution in [2.24, 2.45) is 0 Å². The molecule has 1 aliphatic rings. The van der Waals surface area contributed by atoms with Crippen molar-refractivity contribution in [3.8, 4) is 0 Å². The lowest BCUT2D eigenvalue weighted by Gasteiger charge is -2.43. The number of benzene rings is 1. The molecule has 0 aromatic heterocycles. The second-order valence-electron chi connectivity index (χ2n) is 5.91. The Bertz CT molecular complexity index is 419. The summed E-state index contributed by atoms with van der Waals surface area (Å²) in [5, 5.41) is 3.34. The van der Waals surface area contributed by atoms with Crippen LogP contribution in [0.2, 0.25) is 0 Å². The van der Waals surface area contributed by atoms with E-state index in [4.69, 9.17) is 0 Å². The molecule has 1 aromatic carbocycles. The van der Waals surface area contributed by atoms with Crippen molar-refractivity contribution in [1.29, 1.82) is 0 Å². The van der Waals surface area contributed by atoms with Gasteiger partial charge >= 0.3 is 0 Å². The Morgan fingerprint density at radius 3 is 2.37 bits per heavy atom. The minimum Gasteiger partial charge on any atom is -0.364 e. The molecule has 3 nitrogen and oxygen atoms in total. The van der Waals surface area contributed by atoms with Crippen LogP contribution in [0.15, 0.2) is 12.1 Å². The lowest BCUT2D eigenvalue weighted by Crippen LogP contribution is -2.55. The SMILES string of the molecule is CNCC1CN(C)CCN1c1c(C)cc(C)cc1C. The normalized spacial score (nSPS) is 20.9. The number of likely N-dealkylation sites (N-methyl/N-ethyl adjacent to an activating group) is 2. The Kier molecular flexibility index (Phi) is 4.48. The molecule has 1 aliphatic heterocycles. The summed E-state index contributed by atoms with van der Waals surface area (Å²) in [5.41, 5.74) is 5.61. The number of rotatable bonds is 3. The van der Waals surface area contributed by atoms with Crippen LogP contribution >= 0.6 is 0 Å². The van der Waals surface area contributed by atoms with Crippen LogP contribution in [0.25, 0.3) is 0 Å². The molecule has 0 radical (unpaired) electrons. The highest BCUT2D eigenvalue weighted by molar-refractivity contribution is 5.61. The van der Waals surface area contributed by atoms with E-state index in [-0.39, 0.29) is 0 Å². The van der Waals surface area contributed by atoms with Crippen LogP contribution in [0.1, 0.15) is 16.7 Å². The Morgan fingerprint density at radius 1 is 1.16 bits per heavy atom. The molecular weight excluding hydrogens is 234 g/mol. The van der Waals surface area contributed by atoms with Crippen LogP contribution in [0.3, 0.4) is 0 Å². The number of hydrogen-bond donors (Lipinski definition) is 1. The predicted octanol–water partition coefficient (Wildman–Crippen LogP) is 1.95. The number of hydrogen-bond acceptors (Lipinski definition) is 3. The van der Waals surface area contributed by atoms with Crippen molar-refractivity contribution in [3.63, 3.8) is 0 Å². The molecule has 2 rings (SSSR count). The molecule has 1 heterocycles. The third-order valence-corrected chi connectivity index (χ3v) is 4.05. The number of nitrogens with zero attached hydrogens (tertiary/aromatic N) is 2. The largest absolute Gasteiger partial charge is 0.364 e.